The summed E-state index contributed by atoms with van der Waals surface area (Å²) in [5.41, 5.74) is 8.07. The summed E-state index contributed by atoms with van der Waals surface area (Å²) < 4.78 is 5.21. The number of rotatable bonds is 6. The van der Waals surface area contributed by atoms with Crippen LogP contribution in [0, 0.1) is 0 Å². The molecule has 0 aliphatic rings. The van der Waals surface area contributed by atoms with Crippen LogP contribution in [0.3, 0.4) is 0 Å². The fourth-order valence-corrected chi connectivity index (χ4v) is 1.20. The normalized spacial score (nSPS) is 10.1. The molecule has 0 aromatic carbocycles. The molecule has 14 heavy (non-hydrogen) atoms. The first-order chi connectivity index (χ1) is 6.83. The van der Waals surface area contributed by atoms with E-state index in [1.165, 1.54) is 0 Å². The van der Waals surface area contributed by atoms with Crippen LogP contribution in [0.25, 0.3) is 10.4 Å². The van der Waals surface area contributed by atoms with E-state index in [0.29, 0.717) is 6.54 Å². The fourth-order valence-electron chi connectivity index (χ4n) is 1.20. The van der Waals surface area contributed by atoms with Gasteiger partial charge in [0, 0.05) is 11.5 Å². The van der Waals surface area contributed by atoms with Crippen molar-refractivity contribution in [3.05, 3.63) is 34.6 Å². The number of azide groups is 1. The lowest BCUT2D eigenvalue weighted by molar-refractivity contribution is 0.293. The summed E-state index contributed by atoms with van der Waals surface area (Å²) in [6.07, 6.45) is 2.55. The van der Waals surface area contributed by atoms with Crippen LogP contribution in [0.4, 0.5) is 0 Å². The molecule has 0 spiro atoms. The molecule has 0 aliphatic heterocycles. The maximum atomic E-state index is 8.07. The molecule has 5 heteroatoms. The molecule has 76 valence electrons. The predicted octanol–water partition coefficient (Wildman–Crippen LogP) is 2.41. The van der Waals surface area contributed by atoms with Gasteiger partial charge in [-0.2, -0.15) is 0 Å². The van der Waals surface area contributed by atoms with E-state index in [1.807, 2.05) is 19.2 Å². The van der Waals surface area contributed by atoms with Gasteiger partial charge in [-0.05, 0) is 37.7 Å². The van der Waals surface area contributed by atoms with Gasteiger partial charge in [-0.25, -0.2) is 0 Å². The third kappa shape index (κ3) is 3.98. The van der Waals surface area contributed by atoms with Crippen LogP contribution in [-0.4, -0.2) is 25.0 Å². The maximum absolute atomic E-state index is 8.07. The highest BCUT2D eigenvalue weighted by Crippen LogP contribution is 2.03. The second-order valence-corrected chi connectivity index (χ2v) is 3.13. The lowest BCUT2D eigenvalue weighted by Gasteiger charge is -2.13. The zero-order chi connectivity index (χ0) is 10.2. The van der Waals surface area contributed by atoms with Crippen molar-refractivity contribution in [3.63, 3.8) is 0 Å². The average molecular weight is 194 g/mol. The van der Waals surface area contributed by atoms with Gasteiger partial charge < -0.3 is 4.42 Å². The molecule has 0 radical (unpaired) electrons. The molecule has 0 atom stereocenters. The van der Waals surface area contributed by atoms with Crippen LogP contribution in [0.5, 0.6) is 0 Å². The van der Waals surface area contributed by atoms with Crippen LogP contribution in [-0.2, 0) is 6.54 Å². The molecular weight excluding hydrogens is 180 g/mol. The Morgan fingerprint density at radius 3 is 3.14 bits per heavy atom. The van der Waals surface area contributed by atoms with Gasteiger partial charge in [0.1, 0.15) is 5.76 Å². The summed E-state index contributed by atoms with van der Waals surface area (Å²) in [7, 11) is 2.01. The van der Waals surface area contributed by atoms with Gasteiger partial charge in [-0.1, -0.05) is 5.11 Å². The summed E-state index contributed by atoms with van der Waals surface area (Å²) in [6.45, 7) is 2.25. The van der Waals surface area contributed by atoms with Gasteiger partial charge in [0.2, 0.25) is 0 Å². The Hall–Kier alpha value is -1.45. The van der Waals surface area contributed by atoms with E-state index in [0.717, 1.165) is 25.3 Å². The number of furan rings is 1. The summed E-state index contributed by atoms with van der Waals surface area (Å²) in [5, 5.41) is 3.47. The fraction of sp³-hybridized carbons (Fsp3) is 0.556. The smallest absolute Gasteiger partial charge is 0.117 e. The summed E-state index contributed by atoms with van der Waals surface area (Å²) in [4.78, 5) is 4.83. The zero-order valence-corrected chi connectivity index (χ0v) is 8.26. The minimum atomic E-state index is 0.555. The van der Waals surface area contributed by atoms with Gasteiger partial charge in [0.05, 0.1) is 12.8 Å². The summed E-state index contributed by atoms with van der Waals surface area (Å²) in [5.74, 6) is 0.955. The van der Waals surface area contributed by atoms with Crippen molar-refractivity contribution in [1.29, 1.82) is 0 Å². The van der Waals surface area contributed by atoms with Crippen molar-refractivity contribution in [2.24, 2.45) is 5.11 Å². The van der Waals surface area contributed by atoms with Crippen molar-refractivity contribution in [2.45, 2.75) is 13.0 Å². The van der Waals surface area contributed by atoms with Gasteiger partial charge in [-0.15, -0.1) is 0 Å². The van der Waals surface area contributed by atoms with Gasteiger partial charge in [0.15, 0.2) is 0 Å². The Morgan fingerprint density at radius 1 is 1.64 bits per heavy atom. The molecule has 5 nitrogen and oxygen atoms in total. The van der Waals surface area contributed by atoms with E-state index in [1.54, 1.807) is 6.26 Å². The molecule has 0 saturated heterocycles. The van der Waals surface area contributed by atoms with Crippen molar-refractivity contribution >= 4 is 0 Å². The highest BCUT2D eigenvalue weighted by atomic mass is 16.3. The first kappa shape index (κ1) is 10.6. The number of nitrogens with zero attached hydrogens (tertiary/aromatic N) is 4. The van der Waals surface area contributed by atoms with E-state index < -0.39 is 0 Å². The molecule has 0 amide bonds. The summed E-state index contributed by atoms with van der Waals surface area (Å²) >= 11 is 0. The predicted molar refractivity (Wildman–Crippen MR) is 53.7 cm³/mol. The summed E-state index contributed by atoms with van der Waals surface area (Å²) in [6, 6.07) is 3.83. The van der Waals surface area contributed by atoms with Crippen LogP contribution in [0.1, 0.15) is 12.2 Å². The van der Waals surface area contributed by atoms with E-state index in [-0.39, 0.29) is 0 Å². The van der Waals surface area contributed by atoms with Crippen molar-refractivity contribution in [3.8, 4) is 0 Å². The second-order valence-electron chi connectivity index (χ2n) is 3.13. The Balaban J connectivity index is 2.16. The van der Waals surface area contributed by atoms with Gasteiger partial charge in [-0.3, -0.25) is 4.90 Å². The molecule has 1 aromatic rings. The number of hydrogen-bond donors (Lipinski definition) is 0. The first-order valence-corrected chi connectivity index (χ1v) is 4.54. The molecule has 0 bridgehead atoms. The highest BCUT2D eigenvalue weighted by molar-refractivity contribution is 4.97. The van der Waals surface area contributed by atoms with E-state index in [2.05, 4.69) is 14.9 Å². The Labute approximate surface area is 82.9 Å². The lowest BCUT2D eigenvalue weighted by Crippen LogP contribution is -2.19. The largest absolute Gasteiger partial charge is 0.468 e. The van der Waals surface area contributed by atoms with Crippen LogP contribution < -0.4 is 0 Å². The van der Waals surface area contributed by atoms with Gasteiger partial charge in [0.25, 0.3) is 0 Å². The average Bonchev–Trinajstić information content (AvgIpc) is 2.65. The third-order valence-electron chi connectivity index (χ3n) is 1.87. The topological polar surface area (TPSA) is 65.1 Å². The highest BCUT2D eigenvalue weighted by Gasteiger charge is 2.01. The Kier molecular flexibility index (Phi) is 4.61. The van der Waals surface area contributed by atoms with Gasteiger partial charge >= 0.3 is 0 Å². The minimum Gasteiger partial charge on any atom is -0.468 e. The van der Waals surface area contributed by atoms with Crippen LogP contribution in [0.2, 0.25) is 0 Å². The van der Waals surface area contributed by atoms with Crippen LogP contribution >= 0.6 is 0 Å². The van der Waals surface area contributed by atoms with E-state index in [4.69, 9.17) is 9.95 Å². The first-order valence-electron chi connectivity index (χ1n) is 4.54. The lowest BCUT2D eigenvalue weighted by atomic mass is 10.3. The number of hydrogen-bond acceptors (Lipinski definition) is 3. The molecule has 1 heterocycles. The molecule has 0 N–H and O–H groups in total. The van der Waals surface area contributed by atoms with E-state index in [9.17, 15) is 0 Å². The maximum Gasteiger partial charge on any atom is 0.117 e. The molecule has 1 rings (SSSR count). The van der Waals surface area contributed by atoms with Crippen LogP contribution in [0.15, 0.2) is 27.9 Å². The monoisotopic (exact) mass is 194 g/mol. The SMILES string of the molecule is CN(CCCN=[N+]=[N-])Cc1ccco1. The van der Waals surface area contributed by atoms with Crippen molar-refractivity contribution in [2.75, 3.05) is 20.1 Å². The zero-order valence-electron chi connectivity index (χ0n) is 8.26. The third-order valence-corrected chi connectivity index (χ3v) is 1.87. The molecule has 0 aliphatic carbocycles. The minimum absolute atomic E-state index is 0.555. The molecular formula is C9H14N4O. The van der Waals surface area contributed by atoms with Crippen molar-refractivity contribution < 1.29 is 4.42 Å². The standard InChI is InChI=1S/C9H14N4O/c1-13(6-3-5-11-12-10)8-9-4-2-7-14-9/h2,4,7H,3,5-6,8H2,1H3. The quantitative estimate of drug-likeness (QED) is 0.302. The molecule has 0 saturated carbocycles. The Morgan fingerprint density at radius 2 is 2.50 bits per heavy atom. The molecule has 0 unspecified atom stereocenters. The molecule has 1 aromatic heterocycles. The van der Waals surface area contributed by atoms with E-state index >= 15 is 0 Å². The molecule has 0 fully saturated rings. The van der Waals surface area contributed by atoms with Crippen molar-refractivity contribution in [1.82, 2.24) is 4.90 Å². The second kappa shape index (κ2) is 6.07. The Bertz CT molecular complexity index is 290.